The molecule has 0 spiro atoms. The van der Waals surface area contributed by atoms with Crippen molar-refractivity contribution in [2.45, 2.75) is 26.7 Å². The molecule has 1 heterocycles. The van der Waals surface area contributed by atoms with Gasteiger partial charge in [-0.15, -0.1) is 0 Å². The quantitative estimate of drug-likeness (QED) is 0.809. The summed E-state index contributed by atoms with van der Waals surface area (Å²) in [6.45, 7) is 4.32. The SMILES string of the molecule is Cc1cccc(NCN2C(=O)CCC2=O)c1C. The van der Waals surface area contributed by atoms with Crippen LogP contribution in [0.2, 0.25) is 0 Å². The van der Waals surface area contributed by atoms with Gasteiger partial charge in [0.2, 0.25) is 11.8 Å². The number of hydrogen-bond acceptors (Lipinski definition) is 3. The van der Waals surface area contributed by atoms with Gasteiger partial charge in [0.05, 0.1) is 6.67 Å². The minimum Gasteiger partial charge on any atom is -0.367 e. The normalized spacial score (nSPS) is 15.5. The van der Waals surface area contributed by atoms with Gasteiger partial charge in [-0.05, 0) is 31.0 Å². The third-order valence-electron chi connectivity index (χ3n) is 3.19. The van der Waals surface area contributed by atoms with Crippen LogP contribution < -0.4 is 5.32 Å². The van der Waals surface area contributed by atoms with Gasteiger partial charge in [-0.25, -0.2) is 0 Å². The van der Waals surface area contributed by atoms with Crippen molar-refractivity contribution < 1.29 is 9.59 Å². The van der Waals surface area contributed by atoms with E-state index in [1.165, 1.54) is 10.5 Å². The van der Waals surface area contributed by atoms with Crippen molar-refractivity contribution >= 4 is 17.5 Å². The third-order valence-corrected chi connectivity index (χ3v) is 3.19. The Hall–Kier alpha value is -1.84. The van der Waals surface area contributed by atoms with Crippen molar-refractivity contribution in [3.8, 4) is 0 Å². The predicted molar refractivity (Wildman–Crippen MR) is 65.5 cm³/mol. The van der Waals surface area contributed by atoms with Crippen LogP contribution in [0, 0.1) is 13.8 Å². The van der Waals surface area contributed by atoms with E-state index in [4.69, 9.17) is 0 Å². The van der Waals surface area contributed by atoms with Gasteiger partial charge in [0.1, 0.15) is 0 Å². The molecule has 0 radical (unpaired) electrons. The average Bonchev–Trinajstić information content (AvgIpc) is 2.62. The molecule has 1 saturated heterocycles. The van der Waals surface area contributed by atoms with E-state index < -0.39 is 0 Å². The number of hydrogen-bond donors (Lipinski definition) is 1. The monoisotopic (exact) mass is 232 g/mol. The summed E-state index contributed by atoms with van der Waals surface area (Å²) in [5, 5.41) is 3.14. The Balaban J connectivity index is 2.05. The summed E-state index contributed by atoms with van der Waals surface area (Å²) in [6.07, 6.45) is 0.681. The highest BCUT2D eigenvalue weighted by Crippen LogP contribution is 2.19. The summed E-state index contributed by atoms with van der Waals surface area (Å²) in [4.78, 5) is 24.1. The van der Waals surface area contributed by atoms with Crippen LogP contribution in [0.5, 0.6) is 0 Å². The molecule has 4 heteroatoms. The molecule has 17 heavy (non-hydrogen) atoms. The molecule has 1 aliphatic heterocycles. The van der Waals surface area contributed by atoms with E-state index in [0.717, 1.165) is 11.3 Å². The van der Waals surface area contributed by atoms with Gasteiger partial charge in [0.25, 0.3) is 0 Å². The minimum atomic E-state index is -0.0900. The number of rotatable bonds is 3. The van der Waals surface area contributed by atoms with Crippen molar-refractivity contribution in [1.82, 2.24) is 4.90 Å². The first-order chi connectivity index (χ1) is 8.09. The van der Waals surface area contributed by atoms with Gasteiger partial charge >= 0.3 is 0 Å². The number of nitrogens with zero attached hydrogens (tertiary/aromatic N) is 1. The Morgan fingerprint density at radius 1 is 1.18 bits per heavy atom. The Bertz CT molecular complexity index is 452. The van der Waals surface area contributed by atoms with Crippen molar-refractivity contribution in [2.75, 3.05) is 12.0 Å². The molecule has 0 unspecified atom stereocenters. The van der Waals surface area contributed by atoms with Crippen LogP contribution in [0.25, 0.3) is 0 Å². The van der Waals surface area contributed by atoms with Crippen molar-refractivity contribution in [3.05, 3.63) is 29.3 Å². The maximum absolute atomic E-state index is 11.4. The fourth-order valence-electron chi connectivity index (χ4n) is 1.91. The summed E-state index contributed by atoms with van der Waals surface area (Å²) in [7, 11) is 0. The first-order valence-electron chi connectivity index (χ1n) is 5.73. The van der Waals surface area contributed by atoms with Gasteiger partial charge in [-0.1, -0.05) is 12.1 Å². The van der Waals surface area contributed by atoms with Crippen molar-refractivity contribution in [3.63, 3.8) is 0 Å². The Kier molecular flexibility index (Phi) is 3.13. The average molecular weight is 232 g/mol. The highest BCUT2D eigenvalue weighted by molar-refractivity contribution is 6.02. The van der Waals surface area contributed by atoms with Gasteiger partial charge in [0, 0.05) is 18.5 Å². The summed E-state index contributed by atoms with van der Waals surface area (Å²) in [5.74, 6) is -0.180. The smallest absolute Gasteiger partial charge is 0.231 e. The number of aryl methyl sites for hydroxylation is 1. The van der Waals surface area contributed by atoms with E-state index in [9.17, 15) is 9.59 Å². The Morgan fingerprint density at radius 2 is 1.82 bits per heavy atom. The van der Waals surface area contributed by atoms with Gasteiger partial charge < -0.3 is 5.32 Å². The molecule has 0 bridgehead atoms. The molecule has 0 atom stereocenters. The maximum Gasteiger partial charge on any atom is 0.231 e. The number of nitrogens with one attached hydrogen (secondary N) is 1. The highest BCUT2D eigenvalue weighted by atomic mass is 16.2. The fourth-order valence-corrected chi connectivity index (χ4v) is 1.91. The number of imide groups is 1. The topological polar surface area (TPSA) is 49.4 Å². The lowest BCUT2D eigenvalue weighted by atomic mass is 10.1. The molecule has 0 aromatic heterocycles. The van der Waals surface area contributed by atoms with E-state index in [2.05, 4.69) is 5.32 Å². The van der Waals surface area contributed by atoms with Crippen LogP contribution in [0.3, 0.4) is 0 Å². The Labute approximate surface area is 101 Å². The second kappa shape index (κ2) is 4.57. The first kappa shape index (κ1) is 11.6. The summed E-state index contributed by atoms with van der Waals surface area (Å²) in [6, 6.07) is 5.94. The molecule has 4 nitrogen and oxygen atoms in total. The van der Waals surface area contributed by atoms with Crippen LogP contribution in [0.4, 0.5) is 5.69 Å². The van der Waals surface area contributed by atoms with Crippen LogP contribution in [0.1, 0.15) is 24.0 Å². The van der Waals surface area contributed by atoms with Crippen LogP contribution >= 0.6 is 0 Å². The molecule has 0 saturated carbocycles. The lowest BCUT2D eigenvalue weighted by Gasteiger charge is -2.17. The Morgan fingerprint density at radius 3 is 2.47 bits per heavy atom. The molecule has 90 valence electrons. The zero-order chi connectivity index (χ0) is 12.4. The summed E-state index contributed by atoms with van der Waals surface area (Å²) >= 11 is 0. The predicted octanol–water partition coefficient (Wildman–Crippen LogP) is 1.82. The molecule has 2 amide bonds. The van der Waals surface area contributed by atoms with E-state index >= 15 is 0 Å². The molecular weight excluding hydrogens is 216 g/mol. The number of carbonyl (C=O) groups is 2. The molecule has 2 rings (SSSR count). The fraction of sp³-hybridized carbons (Fsp3) is 0.385. The highest BCUT2D eigenvalue weighted by Gasteiger charge is 2.28. The molecule has 1 aromatic carbocycles. The zero-order valence-corrected chi connectivity index (χ0v) is 10.1. The van der Waals surface area contributed by atoms with Crippen LogP contribution in [-0.2, 0) is 9.59 Å². The van der Waals surface area contributed by atoms with Crippen molar-refractivity contribution in [2.24, 2.45) is 0 Å². The minimum absolute atomic E-state index is 0.0900. The third kappa shape index (κ3) is 2.30. The first-order valence-corrected chi connectivity index (χ1v) is 5.73. The number of carbonyl (C=O) groups excluding carboxylic acids is 2. The second-order valence-electron chi connectivity index (χ2n) is 4.30. The summed E-state index contributed by atoms with van der Waals surface area (Å²) < 4.78 is 0. The van der Waals surface area contributed by atoms with Gasteiger partial charge in [0.15, 0.2) is 0 Å². The number of likely N-dealkylation sites (tertiary alicyclic amines) is 1. The number of benzene rings is 1. The molecule has 0 aliphatic carbocycles. The number of anilines is 1. The summed E-state index contributed by atoms with van der Waals surface area (Å²) in [5.41, 5.74) is 3.30. The van der Waals surface area contributed by atoms with Crippen LogP contribution in [-0.4, -0.2) is 23.4 Å². The van der Waals surface area contributed by atoms with Gasteiger partial charge in [-0.3, -0.25) is 14.5 Å². The number of amides is 2. The van der Waals surface area contributed by atoms with Crippen molar-refractivity contribution in [1.29, 1.82) is 0 Å². The zero-order valence-electron chi connectivity index (χ0n) is 10.1. The lowest BCUT2D eigenvalue weighted by Crippen LogP contribution is -2.34. The van der Waals surface area contributed by atoms with E-state index in [1.54, 1.807) is 0 Å². The molecule has 1 N–H and O–H groups in total. The molecule has 1 aromatic rings. The molecule has 1 fully saturated rings. The van der Waals surface area contributed by atoms with E-state index in [-0.39, 0.29) is 18.5 Å². The molecular formula is C13H16N2O2. The van der Waals surface area contributed by atoms with E-state index in [0.29, 0.717) is 12.8 Å². The van der Waals surface area contributed by atoms with Crippen LogP contribution in [0.15, 0.2) is 18.2 Å². The lowest BCUT2D eigenvalue weighted by molar-refractivity contribution is -0.137. The standard InChI is InChI=1S/C13H16N2O2/c1-9-4-3-5-11(10(9)2)14-8-15-12(16)6-7-13(15)17/h3-5,14H,6-8H2,1-2H3. The maximum atomic E-state index is 11.4. The second-order valence-corrected chi connectivity index (χ2v) is 4.30. The largest absolute Gasteiger partial charge is 0.367 e. The van der Waals surface area contributed by atoms with E-state index in [1.807, 2.05) is 32.0 Å². The van der Waals surface area contributed by atoms with Gasteiger partial charge in [-0.2, -0.15) is 0 Å². The molecule has 1 aliphatic rings.